The van der Waals surface area contributed by atoms with Gasteiger partial charge in [0.05, 0.1) is 13.2 Å². The Morgan fingerprint density at radius 1 is 0.955 bits per heavy atom. The number of hydrogen-bond donors (Lipinski definition) is 0. The lowest BCUT2D eigenvalue weighted by atomic mass is 9.96. The normalized spacial score (nSPS) is 25.3. The molecule has 0 aliphatic carbocycles. The van der Waals surface area contributed by atoms with E-state index in [1.165, 1.54) is 43.2 Å². The molecule has 0 aromatic heterocycles. The average molecular weight is 304 g/mol. The third kappa shape index (κ3) is 5.10. The summed E-state index contributed by atoms with van der Waals surface area (Å²) in [5, 5.41) is 0. The first-order chi connectivity index (χ1) is 10.7. The lowest BCUT2D eigenvalue weighted by molar-refractivity contribution is -0.265. The topological polar surface area (TPSA) is 18.5 Å². The molecule has 0 atom stereocenters. The summed E-state index contributed by atoms with van der Waals surface area (Å²) in [7, 11) is 0. The number of aryl methyl sites for hydroxylation is 1. The van der Waals surface area contributed by atoms with Gasteiger partial charge in [-0.2, -0.15) is 0 Å². The predicted molar refractivity (Wildman–Crippen MR) is 92.2 cm³/mol. The lowest BCUT2D eigenvalue weighted by Gasteiger charge is -2.38. The van der Waals surface area contributed by atoms with E-state index in [1.807, 2.05) is 0 Å². The lowest BCUT2D eigenvalue weighted by Crippen LogP contribution is -2.40. The molecular weight excluding hydrogens is 272 g/mol. The second-order valence-corrected chi connectivity index (χ2v) is 6.75. The van der Waals surface area contributed by atoms with Crippen molar-refractivity contribution in [2.75, 3.05) is 13.2 Å². The number of rotatable bonds is 8. The first-order valence-corrected chi connectivity index (χ1v) is 9.03. The highest BCUT2D eigenvalue weighted by Crippen LogP contribution is 2.31. The van der Waals surface area contributed by atoms with Crippen LogP contribution >= 0.6 is 0 Å². The molecule has 0 bridgehead atoms. The smallest absolute Gasteiger partial charge is 0.165 e. The first-order valence-electron chi connectivity index (χ1n) is 9.03. The molecule has 0 unspecified atom stereocenters. The number of ether oxygens (including phenoxy) is 2. The minimum atomic E-state index is -0.368. The van der Waals surface area contributed by atoms with E-state index in [1.54, 1.807) is 0 Å². The summed E-state index contributed by atoms with van der Waals surface area (Å²) in [6.45, 7) is 8.08. The van der Waals surface area contributed by atoms with Crippen LogP contribution in [-0.4, -0.2) is 19.0 Å². The molecule has 1 aliphatic rings. The largest absolute Gasteiger partial charge is 0.350 e. The Labute approximate surface area is 136 Å². The fourth-order valence-electron chi connectivity index (χ4n) is 3.01. The van der Waals surface area contributed by atoms with E-state index in [2.05, 4.69) is 45.0 Å². The van der Waals surface area contributed by atoms with Crippen LogP contribution in [0.2, 0.25) is 0 Å². The standard InChI is InChI=1S/C20H32O2/c1-4-6-8-9-17-10-12-18(13-11-17)19-15-21-20(3,22-16-19)14-7-5-2/h10-13,19H,4-9,14-16H2,1-3H3/t19-,20-. The average Bonchev–Trinajstić information content (AvgIpc) is 2.55. The Morgan fingerprint density at radius 3 is 2.18 bits per heavy atom. The summed E-state index contributed by atoms with van der Waals surface area (Å²) in [5.41, 5.74) is 2.79. The van der Waals surface area contributed by atoms with Gasteiger partial charge in [0.2, 0.25) is 0 Å². The fourth-order valence-corrected chi connectivity index (χ4v) is 3.01. The molecular formula is C20H32O2. The quantitative estimate of drug-likeness (QED) is 0.594. The van der Waals surface area contributed by atoms with Crippen LogP contribution < -0.4 is 0 Å². The molecule has 0 amide bonds. The van der Waals surface area contributed by atoms with Crippen LogP contribution in [0.4, 0.5) is 0 Å². The van der Waals surface area contributed by atoms with Crippen molar-refractivity contribution in [1.82, 2.24) is 0 Å². The third-order valence-electron chi connectivity index (χ3n) is 4.68. The van der Waals surface area contributed by atoms with Gasteiger partial charge in [-0.05, 0) is 37.3 Å². The van der Waals surface area contributed by atoms with Gasteiger partial charge in [-0.25, -0.2) is 0 Å². The van der Waals surface area contributed by atoms with E-state index >= 15 is 0 Å². The molecule has 2 rings (SSSR count). The highest BCUT2D eigenvalue weighted by molar-refractivity contribution is 5.26. The van der Waals surface area contributed by atoms with Gasteiger partial charge in [-0.3, -0.25) is 0 Å². The molecule has 0 spiro atoms. The zero-order valence-electron chi connectivity index (χ0n) is 14.6. The van der Waals surface area contributed by atoms with E-state index in [-0.39, 0.29) is 5.79 Å². The third-order valence-corrected chi connectivity index (χ3v) is 4.68. The van der Waals surface area contributed by atoms with Crippen molar-refractivity contribution in [3.63, 3.8) is 0 Å². The van der Waals surface area contributed by atoms with Gasteiger partial charge in [-0.1, -0.05) is 57.4 Å². The van der Waals surface area contributed by atoms with Gasteiger partial charge in [0.15, 0.2) is 5.79 Å². The predicted octanol–water partition coefficient (Wildman–Crippen LogP) is 5.46. The summed E-state index contributed by atoms with van der Waals surface area (Å²) >= 11 is 0. The first kappa shape index (κ1) is 17.5. The van der Waals surface area contributed by atoms with Gasteiger partial charge >= 0.3 is 0 Å². The molecule has 1 saturated heterocycles. The number of hydrogen-bond acceptors (Lipinski definition) is 2. The maximum Gasteiger partial charge on any atom is 0.165 e. The number of benzene rings is 1. The van der Waals surface area contributed by atoms with Crippen LogP contribution in [0.3, 0.4) is 0 Å². The second kappa shape index (κ2) is 8.69. The van der Waals surface area contributed by atoms with Crippen LogP contribution in [0, 0.1) is 0 Å². The summed E-state index contributed by atoms with van der Waals surface area (Å²) in [6, 6.07) is 9.06. The van der Waals surface area contributed by atoms with Gasteiger partial charge in [0.1, 0.15) is 0 Å². The minimum absolute atomic E-state index is 0.368. The molecule has 0 radical (unpaired) electrons. The molecule has 1 aromatic carbocycles. The molecule has 22 heavy (non-hydrogen) atoms. The highest BCUT2D eigenvalue weighted by atomic mass is 16.7. The fraction of sp³-hybridized carbons (Fsp3) is 0.700. The number of unbranched alkanes of at least 4 members (excludes halogenated alkanes) is 3. The van der Waals surface area contributed by atoms with Crippen molar-refractivity contribution in [1.29, 1.82) is 0 Å². The Kier molecular flexibility index (Phi) is 6.91. The molecule has 1 aromatic rings. The van der Waals surface area contributed by atoms with Crippen molar-refractivity contribution in [2.45, 2.75) is 77.4 Å². The SMILES string of the molecule is CCCCCc1ccc([C@H]2CO[C@](C)(CCCC)OC2)cc1. The zero-order chi connectivity index (χ0) is 15.8. The van der Waals surface area contributed by atoms with E-state index in [4.69, 9.17) is 9.47 Å². The molecule has 2 heteroatoms. The molecule has 1 aliphatic heterocycles. The van der Waals surface area contributed by atoms with Crippen LogP contribution in [0.15, 0.2) is 24.3 Å². The van der Waals surface area contributed by atoms with Crippen molar-refractivity contribution in [3.8, 4) is 0 Å². The Bertz CT molecular complexity index is 416. The Hall–Kier alpha value is -0.860. The molecule has 0 saturated carbocycles. The molecule has 1 heterocycles. The Balaban J connectivity index is 1.83. The minimum Gasteiger partial charge on any atom is -0.350 e. The molecule has 2 nitrogen and oxygen atoms in total. The van der Waals surface area contributed by atoms with E-state index < -0.39 is 0 Å². The van der Waals surface area contributed by atoms with Crippen LogP contribution in [-0.2, 0) is 15.9 Å². The van der Waals surface area contributed by atoms with Gasteiger partial charge in [-0.15, -0.1) is 0 Å². The van der Waals surface area contributed by atoms with E-state index in [0.29, 0.717) is 5.92 Å². The monoisotopic (exact) mass is 304 g/mol. The van der Waals surface area contributed by atoms with E-state index in [9.17, 15) is 0 Å². The maximum absolute atomic E-state index is 6.02. The molecule has 0 N–H and O–H groups in total. The molecule has 1 fully saturated rings. The van der Waals surface area contributed by atoms with Gasteiger partial charge in [0, 0.05) is 12.3 Å². The van der Waals surface area contributed by atoms with Crippen molar-refractivity contribution < 1.29 is 9.47 Å². The Morgan fingerprint density at radius 2 is 1.59 bits per heavy atom. The van der Waals surface area contributed by atoms with Crippen molar-refractivity contribution >= 4 is 0 Å². The van der Waals surface area contributed by atoms with Crippen LogP contribution in [0.25, 0.3) is 0 Å². The van der Waals surface area contributed by atoms with E-state index in [0.717, 1.165) is 26.1 Å². The summed E-state index contributed by atoms with van der Waals surface area (Å²) in [4.78, 5) is 0. The van der Waals surface area contributed by atoms with Gasteiger partial charge < -0.3 is 9.47 Å². The summed E-state index contributed by atoms with van der Waals surface area (Å²) in [6.07, 6.45) is 8.43. The summed E-state index contributed by atoms with van der Waals surface area (Å²) in [5.74, 6) is 0.00599. The van der Waals surface area contributed by atoms with Crippen molar-refractivity contribution in [3.05, 3.63) is 35.4 Å². The van der Waals surface area contributed by atoms with Crippen molar-refractivity contribution in [2.24, 2.45) is 0 Å². The summed E-state index contributed by atoms with van der Waals surface area (Å²) < 4.78 is 12.0. The second-order valence-electron chi connectivity index (χ2n) is 6.75. The van der Waals surface area contributed by atoms with Gasteiger partial charge in [0.25, 0.3) is 0 Å². The zero-order valence-corrected chi connectivity index (χ0v) is 14.6. The van der Waals surface area contributed by atoms with Crippen LogP contribution in [0.1, 0.15) is 76.3 Å². The van der Waals surface area contributed by atoms with Crippen LogP contribution in [0.5, 0.6) is 0 Å². The highest BCUT2D eigenvalue weighted by Gasteiger charge is 2.32. The molecule has 124 valence electrons. The maximum atomic E-state index is 6.02.